The van der Waals surface area contributed by atoms with Gasteiger partial charge in [0.05, 0.1) is 16.4 Å². The zero-order chi connectivity index (χ0) is 35.3. The van der Waals surface area contributed by atoms with Crippen LogP contribution in [0.25, 0.3) is 61.7 Å². The lowest BCUT2D eigenvalue weighted by atomic mass is 9.55. The third-order valence-corrected chi connectivity index (χ3v) is 11.7. The van der Waals surface area contributed by atoms with E-state index >= 15 is 0 Å². The van der Waals surface area contributed by atoms with Crippen LogP contribution in [0.2, 0.25) is 0 Å². The molecule has 2 aliphatic rings. The number of aromatic nitrogens is 4. The van der Waals surface area contributed by atoms with Gasteiger partial charge in [0.15, 0.2) is 11.6 Å². The van der Waals surface area contributed by atoms with Crippen LogP contribution in [-0.4, -0.2) is 19.5 Å². The van der Waals surface area contributed by atoms with Crippen molar-refractivity contribution < 1.29 is 0 Å². The van der Waals surface area contributed by atoms with Gasteiger partial charge in [-0.3, -0.25) is 4.57 Å². The van der Waals surface area contributed by atoms with Crippen LogP contribution in [0.3, 0.4) is 0 Å². The van der Waals surface area contributed by atoms with Gasteiger partial charge >= 0.3 is 0 Å². The van der Waals surface area contributed by atoms with E-state index in [-0.39, 0.29) is 5.41 Å². The number of para-hydroxylation sites is 1. The van der Waals surface area contributed by atoms with Gasteiger partial charge < -0.3 is 0 Å². The molecule has 4 nitrogen and oxygen atoms in total. The molecule has 250 valence electrons. The highest BCUT2D eigenvalue weighted by Gasteiger charge is 2.53. The van der Waals surface area contributed by atoms with Crippen LogP contribution in [0, 0.1) is 0 Å². The smallest absolute Gasteiger partial charge is 0.238 e. The number of hydrogen-bond acceptors (Lipinski definition) is 3. The summed E-state index contributed by atoms with van der Waals surface area (Å²) in [4.78, 5) is 15.6. The Morgan fingerprint density at radius 1 is 0.415 bits per heavy atom. The average molecular weight is 679 g/mol. The molecule has 7 aromatic carbocycles. The molecule has 0 saturated carbocycles. The molecule has 0 aliphatic heterocycles. The fourth-order valence-corrected chi connectivity index (χ4v) is 9.50. The molecule has 0 radical (unpaired) electrons. The van der Waals surface area contributed by atoms with Crippen molar-refractivity contribution in [3.8, 4) is 39.9 Å². The van der Waals surface area contributed by atoms with Gasteiger partial charge in [0.1, 0.15) is 0 Å². The Kier molecular flexibility index (Phi) is 6.19. The number of fused-ring (bicyclic) bond motifs is 13. The van der Waals surface area contributed by atoms with Gasteiger partial charge in [-0.2, -0.15) is 9.97 Å². The molecule has 9 aromatic rings. The minimum Gasteiger partial charge on any atom is -0.277 e. The van der Waals surface area contributed by atoms with E-state index < -0.39 is 5.41 Å². The summed E-state index contributed by atoms with van der Waals surface area (Å²) in [6, 6.07) is 61.1. The molecule has 1 spiro atoms. The Morgan fingerprint density at radius 3 is 1.55 bits per heavy atom. The maximum Gasteiger partial charge on any atom is 0.238 e. The predicted octanol–water partition coefficient (Wildman–Crippen LogP) is 11.3. The van der Waals surface area contributed by atoms with Gasteiger partial charge in [-0.15, -0.1) is 0 Å². The molecule has 0 amide bonds. The number of nitrogens with zero attached hydrogens (tertiary/aromatic N) is 4. The summed E-state index contributed by atoms with van der Waals surface area (Å²) in [7, 11) is 0. The Morgan fingerprint density at radius 2 is 0.925 bits per heavy atom. The van der Waals surface area contributed by atoms with Crippen LogP contribution in [-0.2, 0) is 10.8 Å². The molecule has 0 atom stereocenters. The number of benzene rings is 7. The zero-order valence-corrected chi connectivity index (χ0v) is 29.5. The summed E-state index contributed by atoms with van der Waals surface area (Å²) in [5, 5.41) is 2.34. The lowest BCUT2D eigenvalue weighted by Gasteiger charge is -2.46. The fourth-order valence-electron chi connectivity index (χ4n) is 9.50. The van der Waals surface area contributed by atoms with Crippen molar-refractivity contribution in [1.29, 1.82) is 0 Å². The number of rotatable bonds is 3. The maximum atomic E-state index is 5.29. The van der Waals surface area contributed by atoms with Crippen LogP contribution in [0.5, 0.6) is 0 Å². The van der Waals surface area contributed by atoms with E-state index in [1.54, 1.807) is 0 Å². The summed E-state index contributed by atoms with van der Waals surface area (Å²) in [6.45, 7) is 4.74. The molecular formula is C49H34N4. The van der Waals surface area contributed by atoms with Crippen molar-refractivity contribution in [2.45, 2.75) is 24.7 Å². The van der Waals surface area contributed by atoms with E-state index in [1.165, 1.54) is 49.9 Å². The van der Waals surface area contributed by atoms with Crippen LogP contribution in [0.4, 0.5) is 0 Å². The minimum atomic E-state index is -0.506. The van der Waals surface area contributed by atoms with Gasteiger partial charge in [0.25, 0.3) is 0 Å². The van der Waals surface area contributed by atoms with Crippen molar-refractivity contribution in [3.63, 3.8) is 0 Å². The molecule has 0 saturated heterocycles. The summed E-state index contributed by atoms with van der Waals surface area (Å²) in [5.41, 5.74) is 13.8. The van der Waals surface area contributed by atoms with Crippen molar-refractivity contribution in [1.82, 2.24) is 19.5 Å². The first-order valence-corrected chi connectivity index (χ1v) is 18.3. The van der Waals surface area contributed by atoms with E-state index in [1.807, 2.05) is 36.4 Å². The highest BCUT2D eigenvalue weighted by atomic mass is 15.2. The lowest BCUT2D eigenvalue weighted by molar-refractivity contribution is 0.563. The normalized spacial score (nSPS) is 14.5. The van der Waals surface area contributed by atoms with Gasteiger partial charge in [0, 0.05) is 32.9 Å². The molecule has 0 N–H and O–H groups in total. The van der Waals surface area contributed by atoms with Crippen molar-refractivity contribution in [3.05, 3.63) is 203 Å². The summed E-state index contributed by atoms with van der Waals surface area (Å²) < 4.78 is 2.30. The van der Waals surface area contributed by atoms with Crippen LogP contribution < -0.4 is 0 Å². The highest BCUT2D eigenvalue weighted by molar-refractivity contribution is 6.16. The molecule has 0 fully saturated rings. The monoisotopic (exact) mass is 678 g/mol. The summed E-state index contributed by atoms with van der Waals surface area (Å²) in [6.07, 6.45) is 0. The first-order chi connectivity index (χ1) is 26.1. The Labute approximate surface area is 308 Å². The number of hydrogen-bond donors (Lipinski definition) is 0. The molecule has 11 rings (SSSR count). The van der Waals surface area contributed by atoms with E-state index in [9.17, 15) is 0 Å². The molecule has 4 heteroatoms. The first kappa shape index (κ1) is 30.0. The van der Waals surface area contributed by atoms with Crippen LogP contribution in [0.1, 0.15) is 47.2 Å². The third kappa shape index (κ3) is 3.98. The SMILES string of the molecule is CC1(C)c2ccccc2C2(c3ccccc3-c3c2ccc2c4ccccc4n(-c4nc(-c5ccccc5)nc(-c5ccccc5)n4)c32)c2ccccc21. The minimum absolute atomic E-state index is 0.165. The summed E-state index contributed by atoms with van der Waals surface area (Å²) >= 11 is 0. The van der Waals surface area contributed by atoms with E-state index in [4.69, 9.17) is 15.0 Å². The second-order valence-electron chi connectivity index (χ2n) is 14.8. The van der Waals surface area contributed by atoms with Gasteiger partial charge in [-0.1, -0.05) is 178 Å². The first-order valence-electron chi connectivity index (χ1n) is 18.3. The lowest BCUT2D eigenvalue weighted by Crippen LogP contribution is -2.40. The second-order valence-corrected chi connectivity index (χ2v) is 14.8. The second kappa shape index (κ2) is 10.9. The molecule has 2 aromatic heterocycles. The Balaban J connectivity index is 1.31. The molecule has 2 aliphatic carbocycles. The Hall–Kier alpha value is -6.65. The molecule has 0 unspecified atom stereocenters. The quantitative estimate of drug-likeness (QED) is 0.187. The van der Waals surface area contributed by atoms with E-state index in [2.05, 4.69) is 152 Å². The topological polar surface area (TPSA) is 43.6 Å². The van der Waals surface area contributed by atoms with Crippen molar-refractivity contribution >= 4 is 21.8 Å². The highest BCUT2D eigenvalue weighted by Crippen LogP contribution is 2.63. The van der Waals surface area contributed by atoms with Crippen molar-refractivity contribution in [2.75, 3.05) is 0 Å². The summed E-state index contributed by atoms with van der Waals surface area (Å²) in [5.74, 6) is 1.88. The van der Waals surface area contributed by atoms with Crippen molar-refractivity contribution in [2.24, 2.45) is 0 Å². The van der Waals surface area contributed by atoms with E-state index in [0.29, 0.717) is 17.6 Å². The zero-order valence-electron chi connectivity index (χ0n) is 29.5. The van der Waals surface area contributed by atoms with E-state index in [0.717, 1.165) is 27.5 Å². The third-order valence-electron chi connectivity index (χ3n) is 11.7. The average Bonchev–Trinajstić information content (AvgIpc) is 3.72. The Bertz CT molecular complexity index is 2810. The standard InChI is InChI=1S/C49H34N4/c1-48(2)37-24-12-14-26-39(37)49(40-27-15-13-25-38(40)48)36-23-11-9-22-35(36)43-41(49)30-29-34-33-21-10-16-28-42(33)53(44(34)43)47-51-45(31-17-5-3-6-18-31)50-46(52-47)32-19-7-4-8-20-32/h3-30H,1-2H3. The van der Waals surface area contributed by atoms with Crippen LogP contribution >= 0.6 is 0 Å². The maximum absolute atomic E-state index is 5.29. The van der Waals surface area contributed by atoms with Gasteiger partial charge in [-0.05, 0) is 45.0 Å². The largest absolute Gasteiger partial charge is 0.277 e. The van der Waals surface area contributed by atoms with Gasteiger partial charge in [-0.25, -0.2) is 4.98 Å². The fraction of sp³-hybridized carbons (Fsp3) is 0.0816. The predicted molar refractivity (Wildman–Crippen MR) is 214 cm³/mol. The molecule has 53 heavy (non-hydrogen) atoms. The molecular weight excluding hydrogens is 645 g/mol. The molecule has 2 heterocycles. The van der Waals surface area contributed by atoms with Crippen LogP contribution in [0.15, 0.2) is 170 Å². The van der Waals surface area contributed by atoms with Gasteiger partial charge in [0.2, 0.25) is 5.95 Å². The molecule has 0 bridgehead atoms.